The lowest BCUT2D eigenvalue weighted by molar-refractivity contribution is -0.148. The molecule has 5 nitrogen and oxygen atoms in total. The van der Waals surface area contributed by atoms with Gasteiger partial charge in [-0.1, -0.05) is 24.4 Å². The summed E-state index contributed by atoms with van der Waals surface area (Å²) >= 11 is 9.15. The Morgan fingerprint density at radius 3 is 2.57 bits per heavy atom. The van der Waals surface area contributed by atoms with Crippen LogP contribution in [0.3, 0.4) is 0 Å². The summed E-state index contributed by atoms with van der Waals surface area (Å²) in [7, 11) is 0. The van der Waals surface area contributed by atoms with E-state index >= 15 is 0 Å². The minimum absolute atomic E-state index is 0.142. The molecule has 0 saturated heterocycles. The van der Waals surface area contributed by atoms with Crippen LogP contribution in [0.25, 0.3) is 0 Å². The molecule has 114 valence electrons. The molecule has 7 heteroatoms. The second-order valence-corrected chi connectivity index (χ2v) is 6.49. The van der Waals surface area contributed by atoms with Gasteiger partial charge in [-0.3, -0.25) is 4.79 Å². The second kappa shape index (κ2) is 6.66. The number of aliphatic carboxylic acids is 1. The zero-order valence-corrected chi connectivity index (χ0v) is 13.6. The summed E-state index contributed by atoms with van der Waals surface area (Å²) in [6.45, 7) is 0.142. The molecular formula is C14H16BrClN2O3. The molecule has 1 aromatic rings. The van der Waals surface area contributed by atoms with Crippen LogP contribution in [0.15, 0.2) is 22.7 Å². The number of carboxylic acid groups (broad SMARTS) is 1. The molecule has 0 atom stereocenters. The summed E-state index contributed by atoms with van der Waals surface area (Å²) in [4.78, 5) is 23.3. The van der Waals surface area contributed by atoms with Crippen LogP contribution in [0.2, 0.25) is 5.02 Å². The number of hydrogen-bond acceptors (Lipinski definition) is 2. The Kier molecular flexibility index (Phi) is 5.11. The number of amides is 2. The van der Waals surface area contributed by atoms with Gasteiger partial charge in [-0.05, 0) is 47.0 Å². The number of anilines is 1. The Hall–Kier alpha value is -1.27. The summed E-state index contributed by atoms with van der Waals surface area (Å²) in [6, 6.07) is 4.60. The van der Waals surface area contributed by atoms with Crippen LogP contribution in [0.1, 0.15) is 25.7 Å². The van der Waals surface area contributed by atoms with Crippen LogP contribution in [-0.2, 0) is 4.79 Å². The standard InChI is InChI=1S/C14H16BrClN2O3/c15-10-7-9(3-4-11(10)16)18-13(21)17-8-14(12(19)20)5-1-2-6-14/h3-4,7H,1-2,5-6,8H2,(H,19,20)(H2,17,18,21). The molecule has 3 N–H and O–H groups in total. The maximum absolute atomic E-state index is 11.9. The van der Waals surface area contributed by atoms with Gasteiger partial charge in [-0.25, -0.2) is 4.79 Å². The van der Waals surface area contributed by atoms with E-state index in [-0.39, 0.29) is 6.54 Å². The molecule has 0 radical (unpaired) electrons. The van der Waals surface area contributed by atoms with Gasteiger partial charge in [-0.15, -0.1) is 0 Å². The van der Waals surface area contributed by atoms with Gasteiger partial charge in [0.25, 0.3) is 0 Å². The first-order valence-electron chi connectivity index (χ1n) is 6.66. The van der Waals surface area contributed by atoms with Crippen LogP contribution < -0.4 is 10.6 Å². The van der Waals surface area contributed by atoms with Crippen molar-refractivity contribution in [2.24, 2.45) is 5.41 Å². The van der Waals surface area contributed by atoms with Crippen molar-refractivity contribution < 1.29 is 14.7 Å². The number of carbonyl (C=O) groups is 2. The monoisotopic (exact) mass is 374 g/mol. The minimum atomic E-state index is -0.838. The number of carbonyl (C=O) groups excluding carboxylic acids is 1. The van der Waals surface area contributed by atoms with Gasteiger partial charge < -0.3 is 15.7 Å². The van der Waals surface area contributed by atoms with E-state index in [9.17, 15) is 14.7 Å². The van der Waals surface area contributed by atoms with E-state index in [0.717, 1.165) is 12.8 Å². The highest BCUT2D eigenvalue weighted by Crippen LogP contribution is 2.37. The fourth-order valence-electron chi connectivity index (χ4n) is 2.52. The Morgan fingerprint density at radius 2 is 2.00 bits per heavy atom. The van der Waals surface area contributed by atoms with Crippen LogP contribution >= 0.6 is 27.5 Å². The molecule has 21 heavy (non-hydrogen) atoms. The van der Waals surface area contributed by atoms with Crippen molar-refractivity contribution in [3.05, 3.63) is 27.7 Å². The summed E-state index contributed by atoms with van der Waals surface area (Å²) in [6.07, 6.45) is 2.99. The largest absolute Gasteiger partial charge is 0.481 e. The molecule has 1 fully saturated rings. The Labute approximate surface area is 136 Å². The number of hydrogen-bond donors (Lipinski definition) is 3. The SMILES string of the molecule is O=C(NCC1(C(=O)O)CCCC1)Nc1ccc(Cl)c(Br)c1. The van der Waals surface area contributed by atoms with E-state index in [1.165, 1.54) is 0 Å². The third-order valence-electron chi connectivity index (χ3n) is 3.78. The zero-order valence-electron chi connectivity index (χ0n) is 11.3. The molecule has 1 aliphatic carbocycles. The summed E-state index contributed by atoms with van der Waals surface area (Å²) in [5, 5.41) is 15.2. The molecular weight excluding hydrogens is 360 g/mol. The molecule has 0 bridgehead atoms. The third-order valence-corrected chi connectivity index (χ3v) is 4.99. The lowest BCUT2D eigenvalue weighted by Crippen LogP contribution is -2.42. The average molecular weight is 376 g/mol. The van der Waals surface area contributed by atoms with E-state index in [1.807, 2.05) is 0 Å². The fourth-order valence-corrected chi connectivity index (χ4v) is 3.01. The third kappa shape index (κ3) is 3.89. The molecule has 0 aromatic heterocycles. The van der Waals surface area contributed by atoms with Crippen molar-refractivity contribution in [1.82, 2.24) is 5.32 Å². The van der Waals surface area contributed by atoms with Crippen molar-refractivity contribution in [3.8, 4) is 0 Å². The van der Waals surface area contributed by atoms with Crippen molar-refractivity contribution >= 4 is 45.2 Å². The highest BCUT2D eigenvalue weighted by molar-refractivity contribution is 9.10. The van der Waals surface area contributed by atoms with Gasteiger partial charge in [0.2, 0.25) is 0 Å². The van der Waals surface area contributed by atoms with Gasteiger partial charge in [0.05, 0.1) is 10.4 Å². The van der Waals surface area contributed by atoms with E-state index < -0.39 is 17.4 Å². The smallest absolute Gasteiger partial charge is 0.319 e. The first-order valence-corrected chi connectivity index (χ1v) is 7.83. The van der Waals surface area contributed by atoms with Gasteiger partial charge in [-0.2, -0.15) is 0 Å². The molecule has 2 rings (SSSR count). The Balaban J connectivity index is 1.92. The molecule has 2 amide bonds. The lowest BCUT2D eigenvalue weighted by atomic mass is 9.86. The van der Waals surface area contributed by atoms with Crippen LogP contribution in [0.5, 0.6) is 0 Å². The second-order valence-electron chi connectivity index (χ2n) is 5.23. The predicted octanol–water partition coefficient (Wildman–Crippen LogP) is 3.87. The Morgan fingerprint density at radius 1 is 1.33 bits per heavy atom. The number of urea groups is 1. The van der Waals surface area contributed by atoms with Crippen molar-refractivity contribution in [2.75, 3.05) is 11.9 Å². The normalized spacial score (nSPS) is 16.5. The lowest BCUT2D eigenvalue weighted by Gasteiger charge is -2.24. The molecule has 1 aromatic carbocycles. The zero-order chi connectivity index (χ0) is 15.5. The minimum Gasteiger partial charge on any atom is -0.481 e. The van der Waals surface area contributed by atoms with Crippen LogP contribution in [0, 0.1) is 5.41 Å². The van der Waals surface area contributed by atoms with Crippen molar-refractivity contribution in [1.29, 1.82) is 0 Å². The van der Waals surface area contributed by atoms with Crippen molar-refractivity contribution in [3.63, 3.8) is 0 Å². The van der Waals surface area contributed by atoms with Gasteiger partial charge in [0, 0.05) is 16.7 Å². The van der Waals surface area contributed by atoms with E-state index in [4.69, 9.17) is 11.6 Å². The fraction of sp³-hybridized carbons (Fsp3) is 0.429. The van der Waals surface area contributed by atoms with Crippen molar-refractivity contribution in [2.45, 2.75) is 25.7 Å². The first kappa shape index (κ1) is 16.1. The molecule has 0 heterocycles. The van der Waals surface area contributed by atoms with E-state index in [0.29, 0.717) is 28.0 Å². The highest BCUT2D eigenvalue weighted by Gasteiger charge is 2.41. The highest BCUT2D eigenvalue weighted by atomic mass is 79.9. The number of nitrogens with one attached hydrogen (secondary N) is 2. The first-order chi connectivity index (χ1) is 9.93. The maximum atomic E-state index is 11.9. The molecule has 0 aliphatic heterocycles. The molecule has 1 saturated carbocycles. The number of halogens is 2. The summed E-state index contributed by atoms with van der Waals surface area (Å²) < 4.78 is 0.680. The number of rotatable bonds is 4. The van der Waals surface area contributed by atoms with Gasteiger partial charge >= 0.3 is 12.0 Å². The predicted molar refractivity (Wildman–Crippen MR) is 84.7 cm³/mol. The average Bonchev–Trinajstić information content (AvgIpc) is 2.91. The van der Waals surface area contributed by atoms with Crippen LogP contribution in [0.4, 0.5) is 10.5 Å². The van der Waals surface area contributed by atoms with Crippen LogP contribution in [-0.4, -0.2) is 23.7 Å². The van der Waals surface area contributed by atoms with Gasteiger partial charge in [0.1, 0.15) is 0 Å². The Bertz CT molecular complexity index is 559. The number of carboxylic acids is 1. The quantitative estimate of drug-likeness (QED) is 0.747. The summed E-state index contributed by atoms with van der Waals surface area (Å²) in [5.74, 6) is -0.838. The molecule has 1 aliphatic rings. The number of benzene rings is 1. The molecule has 0 spiro atoms. The van der Waals surface area contributed by atoms with E-state index in [1.54, 1.807) is 18.2 Å². The molecule has 0 unspecified atom stereocenters. The van der Waals surface area contributed by atoms with Gasteiger partial charge in [0.15, 0.2) is 0 Å². The maximum Gasteiger partial charge on any atom is 0.319 e. The summed E-state index contributed by atoms with van der Waals surface area (Å²) in [5.41, 5.74) is -0.239. The van der Waals surface area contributed by atoms with E-state index in [2.05, 4.69) is 26.6 Å². The topological polar surface area (TPSA) is 78.4 Å².